The molecular weight excluding hydrogens is 398 g/mol. The summed E-state index contributed by atoms with van der Waals surface area (Å²) in [6.07, 6.45) is 2.68. The number of rotatable bonds is 7. The van der Waals surface area contributed by atoms with Crippen LogP contribution in [0.25, 0.3) is 10.9 Å². The monoisotopic (exact) mass is 419 g/mol. The van der Waals surface area contributed by atoms with Gasteiger partial charge >= 0.3 is 6.03 Å². The molecule has 0 saturated carbocycles. The van der Waals surface area contributed by atoms with E-state index in [0.29, 0.717) is 30.3 Å². The van der Waals surface area contributed by atoms with Crippen molar-refractivity contribution in [2.45, 2.75) is 13.0 Å². The van der Waals surface area contributed by atoms with Crippen LogP contribution >= 0.6 is 11.6 Å². The van der Waals surface area contributed by atoms with Crippen LogP contribution in [0.1, 0.15) is 11.1 Å². The van der Waals surface area contributed by atoms with E-state index < -0.39 is 0 Å². The van der Waals surface area contributed by atoms with Crippen molar-refractivity contribution in [3.05, 3.63) is 95.1 Å². The van der Waals surface area contributed by atoms with Crippen LogP contribution in [0, 0.1) is 0 Å². The normalized spacial score (nSPS) is 10.7. The molecule has 0 spiro atoms. The van der Waals surface area contributed by atoms with Crippen molar-refractivity contribution in [3.8, 4) is 5.75 Å². The number of para-hydroxylation sites is 1. The number of hydrogen-bond acceptors (Lipinski definition) is 2. The molecule has 0 saturated heterocycles. The number of H-pyrrole nitrogens is 1. The fourth-order valence-corrected chi connectivity index (χ4v) is 3.39. The SMILES string of the molecule is O=C(NCCc1c[nH]c2c(OCc3ccccc3)cccc12)Nc1ccc(Cl)cc1. The van der Waals surface area contributed by atoms with Gasteiger partial charge in [-0.3, -0.25) is 0 Å². The summed E-state index contributed by atoms with van der Waals surface area (Å²) in [5.41, 5.74) is 3.91. The van der Waals surface area contributed by atoms with E-state index >= 15 is 0 Å². The molecule has 0 bridgehead atoms. The van der Waals surface area contributed by atoms with E-state index in [2.05, 4.69) is 21.7 Å². The Morgan fingerprint density at radius 1 is 0.967 bits per heavy atom. The Kier molecular flexibility index (Phi) is 6.20. The number of ether oxygens (including phenoxy) is 1. The Bertz CT molecular complexity index is 1120. The number of amides is 2. The molecule has 3 aromatic carbocycles. The van der Waals surface area contributed by atoms with Gasteiger partial charge in [0.2, 0.25) is 0 Å². The highest BCUT2D eigenvalue weighted by atomic mass is 35.5. The predicted octanol–water partition coefficient (Wildman–Crippen LogP) is 5.76. The molecule has 2 amide bonds. The number of halogens is 1. The topological polar surface area (TPSA) is 66.2 Å². The summed E-state index contributed by atoms with van der Waals surface area (Å²) in [7, 11) is 0. The van der Waals surface area contributed by atoms with Crippen molar-refractivity contribution in [1.82, 2.24) is 10.3 Å². The molecule has 5 nitrogen and oxygen atoms in total. The minimum atomic E-state index is -0.246. The second-order valence-corrected chi connectivity index (χ2v) is 7.34. The highest BCUT2D eigenvalue weighted by Crippen LogP contribution is 2.28. The zero-order chi connectivity index (χ0) is 20.8. The largest absolute Gasteiger partial charge is 0.487 e. The third-order valence-corrected chi connectivity index (χ3v) is 5.03. The molecule has 1 aromatic heterocycles. The lowest BCUT2D eigenvalue weighted by Gasteiger charge is -2.09. The zero-order valence-corrected chi connectivity index (χ0v) is 17.1. The molecule has 1 heterocycles. The molecule has 0 unspecified atom stereocenters. The lowest BCUT2D eigenvalue weighted by Crippen LogP contribution is -2.30. The molecule has 6 heteroatoms. The van der Waals surface area contributed by atoms with Crippen LogP contribution in [-0.4, -0.2) is 17.6 Å². The van der Waals surface area contributed by atoms with Crippen LogP contribution < -0.4 is 15.4 Å². The van der Waals surface area contributed by atoms with Crippen LogP contribution in [0.5, 0.6) is 5.75 Å². The van der Waals surface area contributed by atoms with Crippen molar-refractivity contribution >= 4 is 34.2 Å². The molecule has 4 rings (SSSR count). The van der Waals surface area contributed by atoms with Crippen molar-refractivity contribution < 1.29 is 9.53 Å². The number of carbonyl (C=O) groups is 1. The molecule has 0 aliphatic heterocycles. The Balaban J connectivity index is 1.34. The Hall–Kier alpha value is -3.44. The van der Waals surface area contributed by atoms with Crippen LogP contribution in [-0.2, 0) is 13.0 Å². The van der Waals surface area contributed by atoms with Crippen LogP contribution in [0.2, 0.25) is 5.02 Å². The average molecular weight is 420 g/mol. The number of carbonyl (C=O) groups excluding carboxylic acids is 1. The summed E-state index contributed by atoms with van der Waals surface area (Å²) in [4.78, 5) is 15.4. The first-order valence-electron chi connectivity index (χ1n) is 9.75. The Morgan fingerprint density at radius 3 is 2.57 bits per heavy atom. The number of nitrogens with one attached hydrogen (secondary N) is 3. The van der Waals surface area contributed by atoms with E-state index in [-0.39, 0.29) is 6.03 Å². The van der Waals surface area contributed by atoms with Crippen molar-refractivity contribution in [2.24, 2.45) is 0 Å². The van der Waals surface area contributed by atoms with Crippen molar-refractivity contribution in [2.75, 3.05) is 11.9 Å². The van der Waals surface area contributed by atoms with Crippen molar-refractivity contribution in [1.29, 1.82) is 0 Å². The third kappa shape index (κ3) is 4.93. The molecule has 30 heavy (non-hydrogen) atoms. The number of urea groups is 1. The number of hydrogen-bond donors (Lipinski definition) is 3. The second-order valence-electron chi connectivity index (χ2n) is 6.90. The quantitative estimate of drug-likeness (QED) is 0.356. The molecule has 0 atom stereocenters. The lowest BCUT2D eigenvalue weighted by molar-refractivity contribution is 0.252. The predicted molar refractivity (Wildman–Crippen MR) is 121 cm³/mol. The highest BCUT2D eigenvalue weighted by molar-refractivity contribution is 6.30. The molecule has 3 N–H and O–H groups in total. The summed E-state index contributed by atoms with van der Waals surface area (Å²) >= 11 is 5.86. The Labute approximate surface area is 180 Å². The fourth-order valence-electron chi connectivity index (χ4n) is 3.27. The van der Waals surface area contributed by atoms with E-state index in [1.807, 2.05) is 48.7 Å². The van der Waals surface area contributed by atoms with Crippen LogP contribution in [0.4, 0.5) is 10.5 Å². The van der Waals surface area contributed by atoms with E-state index in [9.17, 15) is 4.79 Å². The summed E-state index contributed by atoms with van der Waals surface area (Å²) < 4.78 is 6.02. The molecule has 4 aromatic rings. The molecule has 0 aliphatic rings. The van der Waals surface area contributed by atoms with Gasteiger partial charge in [0.15, 0.2) is 0 Å². The smallest absolute Gasteiger partial charge is 0.319 e. The van der Waals surface area contributed by atoms with E-state index in [1.54, 1.807) is 24.3 Å². The van der Waals surface area contributed by atoms with Gasteiger partial charge in [0.1, 0.15) is 12.4 Å². The Morgan fingerprint density at radius 2 is 1.77 bits per heavy atom. The average Bonchev–Trinajstić information content (AvgIpc) is 3.18. The third-order valence-electron chi connectivity index (χ3n) is 4.78. The summed E-state index contributed by atoms with van der Waals surface area (Å²) in [6, 6.07) is 22.8. The van der Waals surface area contributed by atoms with E-state index in [0.717, 1.165) is 27.8 Å². The lowest BCUT2D eigenvalue weighted by atomic mass is 10.1. The molecule has 152 valence electrons. The van der Waals surface area contributed by atoms with Gasteiger partial charge in [-0.25, -0.2) is 4.79 Å². The summed E-state index contributed by atoms with van der Waals surface area (Å²) in [5.74, 6) is 0.816. The standard InChI is InChI=1S/C24H22ClN3O2/c25-19-9-11-20(12-10-19)28-24(29)26-14-13-18-15-27-23-21(18)7-4-8-22(23)30-16-17-5-2-1-3-6-17/h1-12,15,27H,13-14,16H2,(H2,26,28,29). The summed E-state index contributed by atoms with van der Waals surface area (Å²) in [5, 5.41) is 7.40. The van der Waals surface area contributed by atoms with E-state index in [1.165, 1.54) is 0 Å². The van der Waals surface area contributed by atoms with Crippen LogP contribution in [0.3, 0.4) is 0 Å². The summed E-state index contributed by atoms with van der Waals surface area (Å²) in [6.45, 7) is 1.03. The maximum absolute atomic E-state index is 12.1. The number of anilines is 1. The number of benzene rings is 3. The van der Waals surface area contributed by atoms with Gasteiger partial charge in [0.25, 0.3) is 0 Å². The molecular formula is C24H22ClN3O2. The van der Waals surface area contributed by atoms with Gasteiger partial charge in [-0.05, 0) is 47.9 Å². The first kappa shape index (κ1) is 19.9. The minimum absolute atomic E-state index is 0.246. The molecule has 0 fully saturated rings. The van der Waals surface area contributed by atoms with Crippen LogP contribution in [0.15, 0.2) is 79.0 Å². The fraction of sp³-hybridized carbons (Fsp3) is 0.125. The van der Waals surface area contributed by atoms with Gasteiger partial charge in [-0.15, -0.1) is 0 Å². The van der Waals surface area contributed by atoms with Gasteiger partial charge in [0.05, 0.1) is 5.52 Å². The first-order chi connectivity index (χ1) is 14.7. The maximum atomic E-state index is 12.1. The van der Waals surface area contributed by atoms with Gasteiger partial charge in [-0.2, -0.15) is 0 Å². The molecule has 0 radical (unpaired) electrons. The number of aromatic amines is 1. The molecule has 0 aliphatic carbocycles. The maximum Gasteiger partial charge on any atom is 0.319 e. The number of fused-ring (bicyclic) bond motifs is 1. The van der Waals surface area contributed by atoms with Gasteiger partial charge in [0, 0.05) is 28.8 Å². The minimum Gasteiger partial charge on any atom is -0.487 e. The van der Waals surface area contributed by atoms with Gasteiger partial charge in [-0.1, -0.05) is 54.1 Å². The van der Waals surface area contributed by atoms with Gasteiger partial charge < -0.3 is 20.4 Å². The highest BCUT2D eigenvalue weighted by Gasteiger charge is 2.09. The number of aromatic nitrogens is 1. The first-order valence-corrected chi connectivity index (χ1v) is 10.1. The van der Waals surface area contributed by atoms with E-state index in [4.69, 9.17) is 16.3 Å². The second kappa shape index (κ2) is 9.37. The van der Waals surface area contributed by atoms with Crippen molar-refractivity contribution in [3.63, 3.8) is 0 Å². The zero-order valence-electron chi connectivity index (χ0n) is 16.3.